The van der Waals surface area contributed by atoms with Gasteiger partial charge in [-0.25, -0.2) is 0 Å². The quantitative estimate of drug-likeness (QED) is 0.447. The van der Waals surface area contributed by atoms with Crippen molar-refractivity contribution < 1.29 is 14.2 Å². The summed E-state index contributed by atoms with van der Waals surface area (Å²) in [4.78, 5) is 4.93. The molecular weight excluding hydrogens is 412 g/mol. The summed E-state index contributed by atoms with van der Waals surface area (Å²) in [7, 11) is 4.91. The van der Waals surface area contributed by atoms with Crippen LogP contribution >= 0.6 is 0 Å². The van der Waals surface area contributed by atoms with E-state index in [1.165, 1.54) is 43.5 Å². The van der Waals surface area contributed by atoms with Gasteiger partial charge in [0.1, 0.15) is 0 Å². The second-order valence-electron chi connectivity index (χ2n) is 8.59. The van der Waals surface area contributed by atoms with E-state index in [0.717, 1.165) is 30.9 Å². The largest absolute Gasteiger partial charge is 0.493 e. The van der Waals surface area contributed by atoms with Gasteiger partial charge in [-0.2, -0.15) is 0 Å². The first-order valence-corrected chi connectivity index (χ1v) is 11.7. The van der Waals surface area contributed by atoms with Crippen LogP contribution in [0.25, 0.3) is 11.8 Å². The monoisotopic (exact) mass is 450 g/mol. The average molecular weight is 451 g/mol. The van der Waals surface area contributed by atoms with Crippen molar-refractivity contribution in [1.82, 2.24) is 9.80 Å². The Bertz CT molecular complexity index is 908. The highest BCUT2D eigenvalue weighted by Gasteiger charge is 2.19. The van der Waals surface area contributed by atoms with Gasteiger partial charge in [-0.15, -0.1) is 0 Å². The van der Waals surface area contributed by atoms with Crippen molar-refractivity contribution in [3.8, 4) is 17.2 Å². The molecular formula is C28H38N2O3. The van der Waals surface area contributed by atoms with Gasteiger partial charge < -0.3 is 24.0 Å². The predicted octanol–water partition coefficient (Wildman–Crippen LogP) is 5.57. The van der Waals surface area contributed by atoms with Gasteiger partial charge in [-0.1, -0.05) is 55.0 Å². The summed E-state index contributed by atoms with van der Waals surface area (Å²) in [6.07, 6.45) is 6.18. The molecule has 5 nitrogen and oxygen atoms in total. The van der Waals surface area contributed by atoms with Crippen LogP contribution in [0.3, 0.4) is 0 Å². The molecule has 0 N–H and O–H groups in total. The van der Waals surface area contributed by atoms with Crippen molar-refractivity contribution in [3.05, 3.63) is 65.7 Å². The molecule has 3 rings (SSSR count). The van der Waals surface area contributed by atoms with Crippen molar-refractivity contribution in [2.45, 2.75) is 26.2 Å². The molecule has 1 aliphatic rings. The third kappa shape index (κ3) is 6.78. The lowest BCUT2D eigenvalue weighted by Crippen LogP contribution is -2.37. The minimum atomic E-state index is 0.594. The number of hydrogen-bond acceptors (Lipinski definition) is 5. The summed E-state index contributed by atoms with van der Waals surface area (Å²) >= 11 is 0. The van der Waals surface area contributed by atoms with E-state index in [4.69, 9.17) is 14.2 Å². The fourth-order valence-corrected chi connectivity index (χ4v) is 4.37. The third-order valence-corrected chi connectivity index (χ3v) is 6.17. The SMILES string of the molecule is C=C(c1cc(OC)c(OC)c(OC)c1)N(CCN1CCCCC1)C/C(C)=C/c1ccccc1. The van der Waals surface area contributed by atoms with Crippen LogP contribution in [0.5, 0.6) is 17.2 Å². The topological polar surface area (TPSA) is 34.2 Å². The van der Waals surface area contributed by atoms with Gasteiger partial charge in [-0.05, 0) is 50.6 Å². The lowest BCUT2D eigenvalue weighted by molar-refractivity contribution is 0.210. The summed E-state index contributed by atoms with van der Waals surface area (Å²) in [5.41, 5.74) is 4.42. The second-order valence-corrected chi connectivity index (χ2v) is 8.59. The smallest absolute Gasteiger partial charge is 0.203 e. The fraction of sp³-hybridized carbons (Fsp3) is 0.429. The van der Waals surface area contributed by atoms with Crippen LogP contribution in [0.1, 0.15) is 37.3 Å². The zero-order chi connectivity index (χ0) is 23.6. The van der Waals surface area contributed by atoms with Crippen molar-refractivity contribution in [3.63, 3.8) is 0 Å². The highest BCUT2D eigenvalue weighted by atomic mass is 16.5. The van der Waals surface area contributed by atoms with Crippen LogP contribution in [0, 0.1) is 0 Å². The maximum Gasteiger partial charge on any atom is 0.203 e. The first kappa shape index (κ1) is 24.7. The van der Waals surface area contributed by atoms with Crippen molar-refractivity contribution in [1.29, 1.82) is 0 Å². The summed E-state index contributed by atoms with van der Waals surface area (Å²) < 4.78 is 16.7. The molecule has 1 aliphatic heterocycles. The number of ether oxygens (including phenoxy) is 3. The Balaban J connectivity index is 1.85. The Kier molecular flexibility index (Phi) is 9.25. The zero-order valence-electron chi connectivity index (χ0n) is 20.6. The maximum atomic E-state index is 5.58. The molecule has 1 saturated heterocycles. The van der Waals surface area contributed by atoms with E-state index in [2.05, 4.69) is 53.6 Å². The van der Waals surface area contributed by atoms with Crippen molar-refractivity contribution in [2.24, 2.45) is 0 Å². The molecule has 0 saturated carbocycles. The maximum absolute atomic E-state index is 5.58. The average Bonchev–Trinajstić information content (AvgIpc) is 2.86. The highest BCUT2D eigenvalue weighted by molar-refractivity contribution is 5.69. The molecule has 33 heavy (non-hydrogen) atoms. The standard InChI is InChI=1S/C28H38N2O3/c1-22(18-24-12-8-6-9-13-24)21-30(17-16-29-14-10-7-11-15-29)23(2)25-19-26(31-3)28(33-5)27(20-25)32-4/h6,8-9,12-13,18-20H,2,7,10-11,14-17,21H2,1,3-5H3/b22-18+. The summed E-state index contributed by atoms with van der Waals surface area (Å²) in [5, 5.41) is 0. The first-order valence-electron chi connectivity index (χ1n) is 11.7. The van der Waals surface area contributed by atoms with Crippen LogP contribution in [0.2, 0.25) is 0 Å². The Morgan fingerprint density at radius 1 is 0.970 bits per heavy atom. The molecule has 0 atom stereocenters. The number of rotatable bonds is 11. The Morgan fingerprint density at radius 2 is 1.61 bits per heavy atom. The van der Waals surface area contributed by atoms with E-state index in [-0.39, 0.29) is 0 Å². The summed E-state index contributed by atoms with van der Waals surface area (Å²) in [5.74, 6) is 1.87. The van der Waals surface area contributed by atoms with Crippen LogP contribution in [0.4, 0.5) is 0 Å². The molecule has 0 amide bonds. The number of nitrogens with zero attached hydrogens (tertiary/aromatic N) is 2. The number of piperidine rings is 1. The van der Waals surface area contributed by atoms with Crippen molar-refractivity contribution >= 4 is 11.8 Å². The van der Waals surface area contributed by atoms with Gasteiger partial charge in [0.25, 0.3) is 0 Å². The molecule has 1 heterocycles. The summed E-state index contributed by atoms with van der Waals surface area (Å²) in [6, 6.07) is 14.4. The first-order chi connectivity index (χ1) is 16.0. The molecule has 0 aliphatic carbocycles. The van der Waals surface area contributed by atoms with E-state index in [1.54, 1.807) is 21.3 Å². The van der Waals surface area contributed by atoms with E-state index in [9.17, 15) is 0 Å². The lowest BCUT2D eigenvalue weighted by atomic mass is 10.1. The molecule has 0 radical (unpaired) electrons. The van der Waals surface area contributed by atoms with Crippen LogP contribution in [-0.2, 0) is 0 Å². The van der Waals surface area contributed by atoms with Gasteiger partial charge in [0.15, 0.2) is 11.5 Å². The Labute approximate surface area is 199 Å². The third-order valence-electron chi connectivity index (χ3n) is 6.17. The summed E-state index contributed by atoms with van der Waals surface area (Å²) in [6.45, 7) is 11.8. The van der Waals surface area contributed by atoms with E-state index >= 15 is 0 Å². The van der Waals surface area contributed by atoms with Gasteiger partial charge in [0.2, 0.25) is 5.75 Å². The second kappa shape index (κ2) is 12.4. The lowest BCUT2D eigenvalue weighted by Gasteiger charge is -2.32. The minimum absolute atomic E-state index is 0.594. The fourth-order valence-electron chi connectivity index (χ4n) is 4.37. The Morgan fingerprint density at radius 3 is 2.18 bits per heavy atom. The predicted molar refractivity (Wildman–Crippen MR) is 137 cm³/mol. The zero-order valence-corrected chi connectivity index (χ0v) is 20.6. The number of benzene rings is 2. The van der Waals surface area contributed by atoms with Crippen molar-refractivity contribution in [2.75, 3.05) is 54.1 Å². The normalized spacial score (nSPS) is 14.6. The molecule has 2 aromatic carbocycles. The molecule has 5 heteroatoms. The van der Waals surface area contributed by atoms with Crippen LogP contribution < -0.4 is 14.2 Å². The van der Waals surface area contributed by atoms with Crippen LogP contribution in [0.15, 0.2) is 54.6 Å². The van der Waals surface area contributed by atoms with Crippen LogP contribution in [-0.4, -0.2) is 63.9 Å². The van der Waals surface area contributed by atoms with E-state index in [0.29, 0.717) is 17.2 Å². The Hall–Kier alpha value is -2.92. The minimum Gasteiger partial charge on any atom is -0.493 e. The molecule has 0 bridgehead atoms. The number of likely N-dealkylation sites (tertiary alicyclic amines) is 1. The molecule has 178 valence electrons. The van der Waals surface area contributed by atoms with E-state index in [1.807, 2.05) is 18.2 Å². The molecule has 0 aromatic heterocycles. The molecule has 0 unspecified atom stereocenters. The number of hydrogen-bond donors (Lipinski definition) is 0. The highest BCUT2D eigenvalue weighted by Crippen LogP contribution is 2.40. The van der Waals surface area contributed by atoms with Gasteiger partial charge in [0, 0.05) is 30.9 Å². The molecule has 2 aromatic rings. The van der Waals surface area contributed by atoms with Gasteiger partial charge in [-0.3, -0.25) is 0 Å². The number of methoxy groups -OCH3 is 3. The molecule has 1 fully saturated rings. The van der Waals surface area contributed by atoms with Gasteiger partial charge in [0.05, 0.1) is 21.3 Å². The molecule has 0 spiro atoms. The van der Waals surface area contributed by atoms with E-state index < -0.39 is 0 Å². The van der Waals surface area contributed by atoms with Gasteiger partial charge >= 0.3 is 0 Å².